The Hall–Kier alpha value is -0.550. The topological polar surface area (TPSA) is 35.8 Å². The van der Waals surface area contributed by atoms with Gasteiger partial charge in [0, 0.05) is 6.04 Å². The van der Waals surface area contributed by atoms with Crippen molar-refractivity contribution < 1.29 is 0 Å². The van der Waals surface area contributed by atoms with Gasteiger partial charge in [-0.2, -0.15) is 5.26 Å². The lowest BCUT2D eigenvalue weighted by atomic mass is 9.91. The van der Waals surface area contributed by atoms with Gasteiger partial charge in [0.2, 0.25) is 0 Å². The third kappa shape index (κ3) is 6.60. The molecular weight excluding hydrogens is 160 g/mol. The van der Waals surface area contributed by atoms with Crippen LogP contribution in [0, 0.1) is 16.7 Å². The standard InChI is InChI=1S/C11H22N2/c1-5-6-10(2)13-8-7-11(3,4)9-12/h10,13H,5-8H2,1-4H3. The average molecular weight is 182 g/mol. The summed E-state index contributed by atoms with van der Waals surface area (Å²) < 4.78 is 0. The molecule has 0 rings (SSSR count). The van der Waals surface area contributed by atoms with E-state index in [1.54, 1.807) is 0 Å². The summed E-state index contributed by atoms with van der Waals surface area (Å²) in [6.07, 6.45) is 3.36. The SMILES string of the molecule is CCCC(C)NCCC(C)(C)C#N. The van der Waals surface area contributed by atoms with Crippen LogP contribution in [0.25, 0.3) is 0 Å². The molecule has 0 aromatic heterocycles. The van der Waals surface area contributed by atoms with E-state index in [0.717, 1.165) is 13.0 Å². The van der Waals surface area contributed by atoms with Gasteiger partial charge in [0.1, 0.15) is 0 Å². The number of nitrogens with zero attached hydrogens (tertiary/aromatic N) is 1. The van der Waals surface area contributed by atoms with E-state index in [1.807, 2.05) is 13.8 Å². The summed E-state index contributed by atoms with van der Waals surface area (Å²) in [6, 6.07) is 2.89. The van der Waals surface area contributed by atoms with E-state index < -0.39 is 0 Å². The fourth-order valence-corrected chi connectivity index (χ4v) is 1.22. The highest BCUT2D eigenvalue weighted by molar-refractivity contribution is 4.91. The largest absolute Gasteiger partial charge is 0.314 e. The van der Waals surface area contributed by atoms with Gasteiger partial charge in [0.15, 0.2) is 0 Å². The van der Waals surface area contributed by atoms with Crippen LogP contribution in [0.2, 0.25) is 0 Å². The van der Waals surface area contributed by atoms with E-state index in [9.17, 15) is 0 Å². The molecule has 0 aliphatic heterocycles. The van der Waals surface area contributed by atoms with E-state index >= 15 is 0 Å². The summed E-state index contributed by atoms with van der Waals surface area (Å²) in [4.78, 5) is 0. The molecule has 0 amide bonds. The van der Waals surface area contributed by atoms with E-state index in [2.05, 4.69) is 25.2 Å². The van der Waals surface area contributed by atoms with Crippen LogP contribution in [0.15, 0.2) is 0 Å². The van der Waals surface area contributed by atoms with Crippen molar-refractivity contribution in [3.8, 4) is 6.07 Å². The first kappa shape index (κ1) is 12.4. The number of hydrogen-bond donors (Lipinski definition) is 1. The second kappa shape index (κ2) is 5.99. The van der Waals surface area contributed by atoms with Gasteiger partial charge in [-0.3, -0.25) is 0 Å². The molecule has 0 aromatic rings. The second-order valence-electron chi connectivity index (χ2n) is 4.39. The van der Waals surface area contributed by atoms with E-state index in [-0.39, 0.29) is 5.41 Å². The van der Waals surface area contributed by atoms with Gasteiger partial charge in [0.05, 0.1) is 11.5 Å². The lowest BCUT2D eigenvalue weighted by Crippen LogP contribution is -2.29. The predicted molar refractivity (Wildman–Crippen MR) is 56.4 cm³/mol. The summed E-state index contributed by atoms with van der Waals surface area (Å²) in [5, 5.41) is 12.2. The van der Waals surface area contributed by atoms with Gasteiger partial charge in [-0.25, -0.2) is 0 Å². The van der Waals surface area contributed by atoms with Crippen LogP contribution in [0.3, 0.4) is 0 Å². The molecule has 0 aliphatic carbocycles. The first-order chi connectivity index (χ1) is 6.02. The number of nitriles is 1. The molecule has 0 fully saturated rings. The molecule has 1 N–H and O–H groups in total. The Balaban J connectivity index is 3.51. The quantitative estimate of drug-likeness (QED) is 0.685. The average Bonchev–Trinajstić information content (AvgIpc) is 2.05. The van der Waals surface area contributed by atoms with Crippen LogP contribution < -0.4 is 5.32 Å². The molecule has 0 saturated heterocycles. The van der Waals surface area contributed by atoms with E-state index in [0.29, 0.717) is 6.04 Å². The number of rotatable bonds is 6. The third-order valence-electron chi connectivity index (χ3n) is 2.27. The van der Waals surface area contributed by atoms with Gasteiger partial charge in [-0.1, -0.05) is 13.3 Å². The van der Waals surface area contributed by atoms with Crippen LogP contribution >= 0.6 is 0 Å². The Bertz CT molecular complexity index is 167. The van der Waals surface area contributed by atoms with Crippen molar-refractivity contribution in [2.24, 2.45) is 5.41 Å². The maximum Gasteiger partial charge on any atom is 0.0684 e. The zero-order chi connectivity index (χ0) is 10.3. The van der Waals surface area contributed by atoms with Crippen molar-refractivity contribution >= 4 is 0 Å². The van der Waals surface area contributed by atoms with Crippen LogP contribution in [0.5, 0.6) is 0 Å². The Kier molecular flexibility index (Phi) is 5.73. The summed E-state index contributed by atoms with van der Waals surface area (Å²) >= 11 is 0. The summed E-state index contributed by atoms with van der Waals surface area (Å²) in [7, 11) is 0. The zero-order valence-corrected chi connectivity index (χ0v) is 9.35. The predicted octanol–water partition coefficient (Wildman–Crippen LogP) is 2.70. The van der Waals surface area contributed by atoms with Crippen LogP contribution in [0.1, 0.15) is 47.0 Å². The molecular formula is C11H22N2. The first-order valence-corrected chi connectivity index (χ1v) is 5.16. The molecule has 0 aromatic carbocycles. The highest BCUT2D eigenvalue weighted by Crippen LogP contribution is 2.17. The van der Waals surface area contributed by atoms with E-state index in [1.165, 1.54) is 12.8 Å². The molecule has 76 valence electrons. The summed E-state index contributed by atoms with van der Waals surface area (Å²) in [6.45, 7) is 9.31. The molecule has 13 heavy (non-hydrogen) atoms. The molecule has 2 nitrogen and oxygen atoms in total. The van der Waals surface area contributed by atoms with Gasteiger partial charge < -0.3 is 5.32 Å². The molecule has 0 spiro atoms. The Morgan fingerprint density at radius 1 is 1.46 bits per heavy atom. The minimum absolute atomic E-state index is 0.182. The van der Waals surface area contributed by atoms with Crippen molar-refractivity contribution in [2.45, 2.75) is 53.0 Å². The molecule has 0 aliphatic rings. The Labute approximate surface area is 82.3 Å². The minimum atomic E-state index is -0.182. The molecule has 1 unspecified atom stereocenters. The second-order valence-corrected chi connectivity index (χ2v) is 4.39. The molecule has 2 heteroatoms. The number of hydrogen-bond acceptors (Lipinski definition) is 2. The van der Waals surface area contributed by atoms with Crippen molar-refractivity contribution in [1.82, 2.24) is 5.32 Å². The van der Waals surface area contributed by atoms with Crippen LogP contribution in [0.4, 0.5) is 0 Å². The summed E-state index contributed by atoms with van der Waals surface area (Å²) in [5.41, 5.74) is -0.182. The van der Waals surface area contributed by atoms with Crippen molar-refractivity contribution in [2.75, 3.05) is 6.54 Å². The van der Waals surface area contributed by atoms with Gasteiger partial charge >= 0.3 is 0 Å². The normalized spacial score (nSPS) is 13.8. The maximum atomic E-state index is 8.78. The smallest absolute Gasteiger partial charge is 0.0684 e. The van der Waals surface area contributed by atoms with Crippen molar-refractivity contribution in [3.63, 3.8) is 0 Å². The Morgan fingerprint density at radius 3 is 2.54 bits per heavy atom. The maximum absolute atomic E-state index is 8.78. The fourth-order valence-electron chi connectivity index (χ4n) is 1.22. The molecule has 0 radical (unpaired) electrons. The molecule has 0 saturated carbocycles. The molecule has 1 atom stereocenters. The lowest BCUT2D eigenvalue weighted by Gasteiger charge is -2.18. The monoisotopic (exact) mass is 182 g/mol. The van der Waals surface area contributed by atoms with Crippen molar-refractivity contribution in [3.05, 3.63) is 0 Å². The lowest BCUT2D eigenvalue weighted by molar-refractivity contribution is 0.406. The highest BCUT2D eigenvalue weighted by Gasteiger charge is 2.15. The summed E-state index contributed by atoms with van der Waals surface area (Å²) in [5.74, 6) is 0. The first-order valence-electron chi connectivity index (χ1n) is 5.16. The van der Waals surface area contributed by atoms with Gasteiger partial charge in [-0.15, -0.1) is 0 Å². The van der Waals surface area contributed by atoms with Crippen LogP contribution in [-0.4, -0.2) is 12.6 Å². The molecule has 0 bridgehead atoms. The highest BCUT2D eigenvalue weighted by atomic mass is 14.9. The molecule has 0 heterocycles. The minimum Gasteiger partial charge on any atom is -0.314 e. The zero-order valence-electron chi connectivity index (χ0n) is 9.35. The van der Waals surface area contributed by atoms with Gasteiger partial charge in [0.25, 0.3) is 0 Å². The number of nitrogens with one attached hydrogen (secondary N) is 1. The van der Waals surface area contributed by atoms with Crippen LogP contribution in [-0.2, 0) is 0 Å². The Morgan fingerprint density at radius 2 is 2.08 bits per heavy atom. The van der Waals surface area contributed by atoms with Gasteiger partial charge in [-0.05, 0) is 40.2 Å². The fraction of sp³-hybridized carbons (Fsp3) is 0.909. The van der Waals surface area contributed by atoms with Crippen molar-refractivity contribution in [1.29, 1.82) is 5.26 Å². The van der Waals surface area contributed by atoms with E-state index in [4.69, 9.17) is 5.26 Å². The third-order valence-corrected chi connectivity index (χ3v) is 2.27.